The van der Waals surface area contributed by atoms with Gasteiger partial charge in [-0.1, -0.05) is 285 Å². The first kappa shape index (κ1) is 60.0. The van der Waals surface area contributed by atoms with Gasteiger partial charge in [-0.05, 0) is 177 Å². The van der Waals surface area contributed by atoms with Crippen molar-refractivity contribution in [2.24, 2.45) is 0 Å². The molecule has 6 heterocycles. The lowest BCUT2D eigenvalue weighted by molar-refractivity contribution is 0.666. The van der Waals surface area contributed by atoms with E-state index < -0.39 is 5.41 Å². The van der Waals surface area contributed by atoms with E-state index >= 15 is 0 Å². The van der Waals surface area contributed by atoms with Gasteiger partial charge in [-0.25, -0.2) is 19.9 Å². The number of hydrogen-bond acceptors (Lipinski definition) is 6. The molecule has 0 amide bonds. The molecule has 22 aromatic rings. The van der Waals surface area contributed by atoms with Crippen molar-refractivity contribution in [1.82, 2.24) is 29.1 Å². The summed E-state index contributed by atoms with van der Waals surface area (Å²) in [6.45, 7) is 0. The fourth-order valence-corrected chi connectivity index (χ4v) is 21.1. The normalized spacial score (nSPS) is 13.6. The summed E-state index contributed by atoms with van der Waals surface area (Å²) in [6.07, 6.45) is 0. The number of aromatic nitrogens is 6. The Labute approximate surface area is 634 Å². The molecule has 0 radical (unpaired) electrons. The van der Waals surface area contributed by atoms with E-state index in [0.717, 1.165) is 76.7 Å². The fraction of sp³-hybridized carbons (Fsp3) is 0.0196. The number of hydrogen-bond donors (Lipinski definition) is 0. The van der Waals surface area contributed by atoms with Crippen molar-refractivity contribution in [3.05, 3.63) is 396 Å². The third-order valence-corrected chi connectivity index (χ3v) is 25.6. The highest BCUT2D eigenvalue weighted by Gasteiger charge is 2.53. The van der Waals surface area contributed by atoms with Crippen LogP contribution < -0.4 is 0 Å². The molecule has 26 rings (SSSR count). The zero-order valence-electron chi connectivity index (χ0n) is 59.0. The van der Waals surface area contributed by atoms with Crippen LogP contribution >= 0.6 is 11.3 Å². The van der Waals surface area contributed by atoms with Gasteiger partial charge in [0.05, 0.1) is 48.8 Å². The van der Waals surface area contributed by atoms with E-state index in [0.29, 0.717) is 17.5 Å². The molecule has 0 atom stereocenters. The Hall–Kier alpha value is -14.2. The molecule has 6 aromatic heterocycles. The molecule has 7 nitrogen and oxygen atoms in total. The molecule has 0 bridgehead atoms. The molecule has 4 aliphatic rings. The van der Waals surface area contributed by atoms with Gasteiger partial charge < -0.3 is 4.42 Å². The zero-order valence-corrected chi connectivity index (χ0v) is 59.8. The average molecular weight is 1420 g/mol. The molecule has 16 aromatic carbocycles. The van der Waals surface area contributed by atoms with Crippen molar-refractivity contribution in [3.63, 3.8) is 0 Å². The summed E-state index contributed by atoms with van der Waals surface area (Å²) in [6, 6.07) is 128. The standard InChI is InChI=1S/C51H29N3O.C51H29N3S/c2*1-2-14-31-29-45-39(27-30(31)13-1)36-18-6-11-23-44(36)54(45)50-52-47(49-48(53-50)37-19-7-12-24-46(37)55-49)32-25-26-43-38(28-32)35-17-5-10-22-42(35)51(43)40-20-8-3-15-33(40)34-16-4-9-21-41(34)51/h2*1-29H. The summed E-state index contributed by atoms with van der Waals surface area (Å²) in [5.74, 6) is 1.30. The van der Waals surface area contributed by atoms with Crippen molar-refractivity contribution in [2.75, 3.05) is 0 Å². The molecule has 0 saturated carbocycles. The number of nitrogens with zero attached hydrogens (tertiary/aromatic N) is 6. The van der Waals surface area contributed by atoms with Gasteiger partial charge in [0.25, 0.3) is 0 Å². The second-order valence-corrected chi connectivity index (χ2v) is 30.8. The smallest absolute Gasteiger partial charge is 0.236 e. The molecular weight excluding hydrogens is 1360 g/mol. The maximum atomic E-state index is 6.68. The summed E-state index contributed by atoms with van der Waals surface area (Å²) < 4.78 is 13.5. The first-order valence-corrected chi connectivity index (χ1v) is 38.5. The van der Waals surface area contributed by atoms with Crippen molar-refractivity contribution >= 4 is 119 Å². The number of fused-ring (bicyclic) bond motifs is 34. The molecule has 110 heavy (non-hydrogen) atoms. The summed E-state index contributed by atoms with van der Waals surface area (Å²) in [4.78, 5) is 21.9. The SMILES string of the molecule is c1ccc2c(c1)-c1ccccc1C21c2ccccc2-c2cc(-c3nc(-n4c5ccccc5c5cc6ccccc6cc54)nc4c3oc3ccccc34)ccc21.c1ccc2c(c1)-c1ccccc1C21c2ccccc2-c2cc(-c3nc(-n4c5ccccc5c5cc6ccccc6cc54)nc4c3sc3ccccc34)ccc21. The predicted molar refractivity (Wildman–Crippen MR) is 451 cm³/mol. The van der Waals surface area contributed by atoms with Crippen molar-refractivity contribution in [2.45, 2.75) is 10.8 Å². The molecule has 8 heteroatoms. The maximum Gasteiger partial charge on any atom is 0.236 e. The highest BCUT2D eigenvalue weighted by Crippen LogP contribution is 2.65. The third-order valence-electron chi connectivity index (χ3n) is 24.4. The quantitative estimate of drug-likeness (QED) is 0.176. The Balaban J connectivity index is 0.000000126. The molecular formula is C102H58N6OS. The molecule has 0 unspecified atom stereocenters. The molecule has 0 saturated heterocycles. The highest BCUT2D eigenvalue weighted by atomic mass is 32.1. The Kier molecular flexibility index (Phi) is 12.1. The summed E-state index contributed by atoms with van der Waals surface area (Å²) in [5, 5.41) is 11.7. The van der Waals surface area contributed by atoms with Crippen LogP contribution in [0.4, 0.5) is 0 Å². The number of furan rings is 1. The van der Waals surface area contributed by atoms with Gasteiger partial charge in [0.2, 0.25) is 11.9 Å². The van der Waals surface area contributed by atoms with E-state index in [1.165, 1.54) is 137 Å². The van der Waals surface area contributed by atoms with Gasteiger partial charge in [0.15, 0.2) is 5.58 Å². The van der Waals surface area contributed by atoms with Crippen LogP contribution in [-0.2, 0) is 10.8 Å². The Bertz CT molecular complexity index is 7290. The Morgan fingerprint density at radius 3 is 1.09 bits per heavy atom. The van der Waals surface area contributed by atoms with Gasteiger partial charge >= 0.3 is 0 Å². The van der Waals surface area contributed by atoms with E-state index in [-0.39, 0.29) is 5.41 Å². The fourth-order valence-electron chi connectivity index (χ4n) is 20.0. The Morgan fingerprint density at radius 1 is 0.255 bits per heavy atom. The zero-order chi connectivity index (χ0) is 71.7. The van der Waals surface area contributed by atoms with Crippen LogP contribution in [0.15, 0.2) is 356 Å². The van der Waals surface area contributed by atoms with Crippen LogP contribution in [0.25, 0.3) is 186 Å². The molecule has 0 fully saturated rings. The van der Waals surface area contributed by atoms with Gasteiger partial charge in [-0.3, -0.25) is 9.13 Å². The molecule has 508 valence electrons. The second-order valence-electron chi connectivity index (χ2n) is 29.7. The maximum absolute atomic E-state index is 6.68. The largest absolute Gasteiger partial charge is 0.452 e. The van der Waals surface area contributed by atoms with Crippen LogP contribution in [0.1, 0.15) is 44.5 Å². The lowest BCUT2D eigenvalue weighted by atomic mass is 9.70. The Morgan fingerprint density at radius 2 is 0.609 bits per heavy atom. The van der Waals surface area contributed by atoms with Gasteiger partial charge in [-0.15, -0.1) is 11.3 Å². The molecule has 0 aliphatic heterocycles. The molecule has 2 spiro atoms. The molecule has 0 N–H and O–H groups in total. The predicted octanol–water partition coefficient (Wildman–Crippen LogP) is 25.7. The van der Waals surface area contributed by atoms with Crippen molar-refractivity contribution in [1.29, 1.82) is 0 Å². The van der Waals surface area contributed by atoms with Crippen LogP contribution in [0.2, 0.25) is 0 Å². The molecule has 4 aliphatic carbocycles. The van der Waals surface area contributed by atoms with Gasteiger partial charge in [0.1, 0.15) is 16.8 Å². The minimum Gasteiger partial charge on any atom is -0.452 e. The third kappa shape index (κ3) is 7.90. The van der Waals surface area contributed by atoms with Crippen LogP contribution in [0.5, 0.6) is 0 Å². The van der Waals surface area contributed by atoms with E-state index in [9.17, 15) is 0 Å². The van der Waals surface area contributed by atoms with E-state index in [1.54, 1.807) is 11.3 Å². The van der Waals surface area contributed by atoms with E-state index in [2.05, 4.69) is 343 Å². The van der Waals surface area contributed by atoms with E-state index in [1.807, 2.05) is 18.2 Å². The van der Waals surface area contributed by atoms with Gasteiger partial charge in [0, 0.05) is 48.1 Å². The lowest BCUT2D eigenvalue weighted by Crippen LogP contribution is -2.25. The highest BCUT2D eigenvalue weighted by molar-refractivity contribution is 7.26. The first-order valence-electron chi connectivity index (χ1n) is 37.7. The first-order chi connectivity index (χ1) is 54.5. The number of para-hydroxylation sites is 3. The lowest BCUT2D eigenvalue weighted by Gasteiger charge is -2.30. The van der Waals surface area contributed by atoms with Crippen molar-refractivity contribution < 1.29 is 4.42 Å². The topological polar surface area (TPSA) is 74.6 Å². The summed E-state index contributed by atoms with van der Waals surface area (Å²) in [7, 11) is 0. The average Bonchev–Trinajstić information content (AvgIpc) is 1.51. The monoisotopic (exact) mass is 1410 g/mol. The number of rotatable bonds is 4. The van der Waals surface area contributed by atoms with Gasteiger partial charge in [-0.2, -0.15) is 0 Å². The summed E-state index contributed by atoms with van der Waals surface area (Å²) >= 11 is 1.78. The number of benzene rings is 16. The second kappa shape index (κ2) is 22.2. The van der Waals surface area contributed by atoms with Crippen LogP contribution in [-0.4, -0.2) is 29.1 Å². The summed E-state index contributed by atoms with van der Waals surface area (Å²) in [5.41, 5.74) is 31.5. The van der Waals surface area contributed by atoms with Crippen molar-refractivity contribution in [3.8, 4) is 78.9 Å². The minimum absolute atomic E-state index is 0.382. The van der Waals surface area contributed by atoms with Crippen LogP contribution in [0.3, 0.4) is 0 Å². The number of thiophene rings is 1. The van der Waals surface area contributed by atoms with Crippen LogP contribution in [0, 0.1) is 0 Å². The minimum atomic E-state index is -0.408. The van der Waals surface area contributed by atoms with E-state index in [4.69, 9.17) is 24.4 Å².